The molecule has 0 rings (SSSR count). The Morgan fingerprint density at radius 2 is 1.81 bits per heavy atom. The Balaban J connectivity index is 4.63. The zero-order valence-electron chi connectivity index (χ0n) is 9.82. The van der Waals surface area contributed by atoms with E-state index in [1.54, 1.807) is 20.8 Å². The number of amides is 2. The van der Waals surface area contributed by atoms with E-state index in [0.29, 0.717) is 6.42 Å². The van der Waals surface area contributed by atoms with Crippen LogP contribution < -0.4 is 16.8 Å². The minimum absolute atomic E-state index is 0.0645. The maximum absolute atomic E-state index is 11.7. The van der Waals surface area contributed by atoms with E-state index < -0.39 is 17.9 Å². The molecule has 5 N–H and O–H groups in total. The van der Waals surface area contributed by atoms with Crippen LogP contribution in [0.4, 0.5) is 0 Å². The molecule has 0 aromatic carbocycles. The summed E-state index contributed by atoms with van der Waals surface area (Å²) >= 11 is 4.78. The molecule has 0 bridgehead atoms. The van der Waals surface area contributed by atoms with Gasteiger partial charge < -0.3 is 16.8 Å². The van der Waals surface area contributed by atoms with Crippen LogP contribution >= 0.6 is 12.2 Å². The maximum Gasteiger partial charge on any atom is 0.240 e. The highest BCUT2D eigenvalue weighted by atomic mass is 32.1. The quantitative estimate of drug-likeness (QED) is 0.570. The summed E-state index contributed by atoms with van der Waals surface area (Å²) in [4.78, 5) is 23.0. The predicted molar refractivity (Wildman–Crippen MR) is 66.5 cm³/mol. The van der Waals surface area contributed by atoms with E-state index in [0.717, 1.165) is 0 Å². The lowest BCUT2D eigenvalue weighted by Crippen LogP contribution is -2.51. The summed E-state index contributed by atoms with van der Waals surface area (Å²) in [6.45, 7) is 5.41. The Hall–Kier alpha value is -1.17. The van der Waals surface area contributed by atoms with Crippen LogP contribution in [-0.4, -0.2) is 22.8 Å². The fourth-order valence-corrected chi connectivity index (χ4v) is 1.61. The highest BCUT2D eigenvalue weighted by Gasteiger charge is 2.26. The first-order valence-electron chi connectivity index (χ1n) is 5.20. The smallest absolute Gasteiger partial charge is 0.240 e. The zero-order valence-corrected chi connectivity index (χ0v) is 10.6. The second kappa shape index (κ2) is 6.42. The summed E-state index contributed by atoms with van der Waals surface area (Å²) in [5, 5.41) is 2.57. The van der Waals surface area contributed by atoms with E-state index in [1.165, 1.54) is 0 Å². The van der Waals surface area contributed by atoms with Crippen molar-refractivity contribution in [2.24, 2.45) is 23.3 Å². The fraction of sp³-hybridized carbons (Fsp3) is 0.700. The first-order valence-corrected chi connectivity index (χ1v) is 5.61. The zero-order chi connectivity index (χ0) is 12.9. The van der Waals surface area contributed by atoms with Gasteiger partial charge in [-0.25, -0.2) is 0 Å². The summed E-state index contributed by atoms with van der Waals surface area (Å²) < 4.78 is 0. The number of hydrogen-bond donors (Lipinski definition) is 3. The van der Waals surface area contributed by atoms with Crippen molar-refractivity contribution < 1.29 is 9.59 Å². The third kappa shape index (κ3) is 4.14. The van der Waals surface area contributed by atoms with E-state index in [-0.39, 0.29) is 16.8 Å². The van der Waals surface area contributed by atoms with Gasteiger partial charge in [0.15, 0.2) is 0 Å². The second-order valence-corrected chi connectivity index (χ2v) is 4.47. The molecule has 0 aliphatic rings. The average Bonchev–Trinajstić information content (AvgIpc) is 2.13. The fourth-order valence-electron chi connectivity index (χ4n) is 1.34. The SMILES string of the molecule is CCC(C(=O)NC(C(N)=O)C(C)C)C(N)=S. The molecule has 0 fully saturated rings. The normalized spacial score (nSPS) is 14.2. The van der Waals surface area contributed by atoms with Gasteiger partial charge in [-0.15, -0.1) is 0 Å². The lowest BCUT2D eigenvalue weighted by Gasteiger charge is -2.21. The highest BCUT2D eigenvalue weighted by Crippen LogP contribution is 2.07. The van der Waals surface area contributed by atoms with Crippen molar-refractivity contribution >= 4 is 29.0 Å². The predicted octanol–water partition coefficient (Wildman–Crippen LogP) is -0.0752. The van der Waals surface area contributed by atoms with Gasteiger partial charge in [0, 0.05) is 0 Å². The summed E-state index contributed by atoms with van der Waals surface area (Å²) in [6, 6.07) is -0.684. The Morgan fingerprint density at radius 3 is 2.06 bits per heavy atom. The van der Waals surface area contributed by atoms with Crippen molar-refractivity contribution in [1.29, 1.82) is 0 Å². The molecule has 0 saturated heterocycles. The van der Waals surface area contributed by atoms with E-state index >= 15 is 0 Å². The molecule has 5 nitrogen and oxygen atoms in total. The van der Waals surface area contributed by atoms with Crippen LogP contribution in [0, 0.1) is 11.8 Å². The number of nitrogens with two attached hydrogens (primary N) is 2. The van der Waals surface area contributed by atoms with Crippen LogP contribution in [0.3, 0.4) is 0 Å². The molecular weight excluding hydrogens is 226 g/mol. The van der Waals surface area contributed by atoms with Crippen LogP contribution in [0.25, 0.3) is 0 Å². The van der Waals surface area contributed by atoms with Gasteiger partial charge in [0.2, 0.25) is 11.8 Å². The molecule has 0 aromatic heterocycles. The average molecular weight is 245 g/mol. The lowest BCUT2D eigenvalue weighted by molar-refractivity contribution is -0.129. The van der Waals surface area contributed by atoms with Crippen molar-refractivity contribution in [2.45, 2.75) is 33.2 Å². The monoisotopic (exact) mass is 245 g/mol. The number of carbonyl (C=O) groups is 2. The van der Waals surface area contributed by atoms with Crippen LogP contribution in [0.1, 0.15) is 27.2 Å². The molecule has 0 spiro atoms. The van der Waals surface area contributed by atoms with Crippen LogP contribution in [0.5, 0.6) is 0 Å². The molecule has 6 heteroatoms. The number of carbonyl (C=O) groups excluding carboxylic acids is 2. The molecule has 2 atom stereocenters. The van der Waals surface area contributed by atoms with E-state index in [1.807, 2.05) is 0 Å². The van der Waals surface area contributed by atoms with E-state index in [9.17, 15) is 9.59 Å². The Kier molecular flexibility index (Phi) is 5.95. The summed E-state index contributed by atoms with van der Waals surface area (Å²) in [6.07, 6.45) is 0.505. The van der Waals surface area contributed by atoms with E-state index in [4.69, 9.17) is 23.7 Å². The molecular formula is C10H19N3O2S. The van der Waals surface area contributed by atoms with Gasteiger partial charge in [0.1, 0.15) is 6.04 Å². The summed E-state index contributed by atoms with van der Waals surface area (Å²) in [7, 11) is 0. The minimum Gasteiger partial charge on any atom is -0.393 e. The molecule has 16 heavy (non-hydrogen) atoms. The Morgan fingerprint density at radius 1 is 1.31 bits per heavy atom. The number of thiocarbonyl (C=S) groups is 1. The number of nitrogens with one attached hydrogen (secondary N) is 1. The van der Waals surface area contributed by atoms with Gasteiger partial charge >= 0.3 is 0 Å². The first kappa shape index (κ1) is 14.8. The molecule has 0 aliphatic heterocycles. The van der Waals surface area contributed by atoms with Crippen LogP contribution in [0.15, 0.2) is 0 Å². The van der Waals surface area contributed by atoms with Crippen LogP contribution in [-0.2, 0) is 9.59 Å². The lowest BCUT2D eigenvalue weighted by atomic mass is 10.0. The van der Waals surface area contributed by atoms with Crippen molar-refractivity contribution in [3.63, 3.8) is 0 Å². The van der Waals surface area contributed by atoms with Crippen molar-refractivity contribution in [2.75, 3.05) is 0 Å². The van der Waals surface area contributed by atoms with Gasteiger partial charge in [-0.3, -0.25) is 9.59 Å². The Labute approximate surface area is 101 Å². The van der Waals surface area contributed by atoms with E-state index in [2.05, 4.69) is 5.32 Å². The molecule has 0 heterocycles. The molecule has 2 amide bonds. The molecule has 0 aliphatic carbocycles. The largest absolute Gasteiger partial charge is 0.393 e. The van der Waals surface area contributed by atoms with Crippen LogP contribution in [0.2, 0.25) is 0 Å². The topological polar surface area (TPSA) is 98.2 Å². The Bertz CT molecular complexity index is 292. The number of primary amides is 1. The second-order valence-electron chi connectivity index (χ2n) is 4.00. The molecule has 2 unspecified atom stereocenters. The molecule has 0 radical (unpaired) electrons. The molecule has 92 valence electrons. The van der Waals surface area contributed by atoms with Gasteiger partial charge in [0.05, 0.1) is 10.9 Å². The van der Waals surface area contributed by atoms with Gasteiger partial charge in [-0.2, -0.15) is 0 Å². The third-order valence-corrected chi connectivity index (χ3v) is 2.62. The standard InChI is InChI=1S/C10H19N3O2S/c1-4-6(9(12)16)10(15)13-7(5(2)3)8(11)14/h5-7H,4H2,1-3H3,(H2,11,14)(H2,12,16)(H,13,15). The number of rotatable bonds is 6. The molecule has 0 aromatic rings. The number of hydrogen-bond acceptors (Lipinski definition) is 3. The van der Waals surface area contributed by atoms with Gasteiger partial charge in [-0.05, 0) is 12.3 Å². The third-order valence-electron chi connectivity index (χ3n) is 2.34. The first-order chi connectivity index (χ1) is 7.31. The summed E-state index contributed by atoms with van der Waals surface area (Å²) in [5.41, 5.74) is 10.6. The molecule has 0 saturated carbocycles. The van der Waals surface area contributed by atoms with Crippen molar-refractivity contribution in [3.05, 3.63) is 0 Å². The van der Waals surface area contributed by atoms with Crippen molar-refractivity contribution in [1.82, 2.24) is 5.32 Å². The minimum atomic E-state index is -0.684. The maximum atomic E-state index is 11.7. The summed E-state index contributed by atoms with van der Waals surface area (Å²) in [5.74, 6) is -1.51. The van der Waals surface area contributed by atoms with Crippen molar-refractivity contribution in [3.8, 4) is 0 Å². The highest BCUT2D eigenvalue weighted by molar-refractivity contribution is 7.80. The van der Waals surface area contributed by atoms with Gasteiger partial charge in [0.25, 0.3) is 0 Å². The van der Waals surface area contributed by atoms with Gasteiger partial charge in [-0.1, -0.05) is 33.0 Å².